The second kappa shape index (κ2) is 2.85. The van der Waals surface area contributed by atoms with E-state index >= 15 is 0 Å². The third-order valence-electron chi connectivity index (χ3n) is 2.12. The van der Waals surface area contributed by atoms with Crippen LogP contribution in [0.4, 0.5) is 0 Å². The molecule has 14 heavy (non-hydrogen) atoms. The average Bonchev–Trinajstić information content (AvgIpc) is 2.41. The maximum Gasteiger partial charge on any atom is 0.323 e. The summed E-state index contributed by atoms with van der Waals surface area (Å²) in [7, 11) is -2.25. The monoisotopic (exact) mass is 210 g/mol. The molecule has 0 aliphatic rings. The predicted octanol–water partition coefficient (Wildman–Crippen LogP) is 1.10. The lowest BCUT2D eigenvalue weighted by Gasteiger charge is -2.05. The molecule has 1 heterocycles. The number of H-pyrrole nitrogens is 2. The molecule has 5 heteroatoms. The van der Waals surface area contributed by atoms with Crippen LogP contribution >= 0.6 is 7.14 Å². The molecule has 1 aromatic heterocycles. The molecule has 0 saturated heterocycles. The molecule has 2 rings (SSSR count). The SMILES string of the molecule is CP(C)(=O)c1ccc2[nH]c(=O)[nH]c2c1. The zero-order valence-electron chi connectivity index (χ0n) is 8.00. The van der Waals surface area contributed by atoms with Gasteiger partial charge in [-0.15, -0.1) is 0 Å². The summed E-state index contributed by atoms with van der Waals surface area (Å²) in [6.45, 7) is 3.41. The largest absolute Gasteiger partial charge is 0.323 e. The number of hydrogen-bond acceptors (Lipinski definition) is 2. The van der Waals surface area contributed by atoms with Crippen molar-refractivity contribution in [1.82, 2.24) is 9.97 Å². The quantitative estimate of drug-likeness (QED) is 0.692. The van der Waals surface area contributed by atoms with Crippen molar-refractivity contribution in [3.05, 3.63) is 28.7 Å². The third-order valence-corrected chi connectivity index (χ3v) is 3.64. The van der Waals surface area contributed by atoms with Crippen LogP contribution in [0.2, 0.25) is 0 Å². The van der Waals surface area contributed by atoms with E-state index in [0.717, 1.165) is 10.8 Å². The molecule has 0 aliphatic heterocycles. The van der Waals surface area contributed by atoms with Gasteiger partial charge in [0.1, 0.15) is 7.14 Å². The van der Waals surface area contributed by atoms with Gasteiger partial charge in [-0.25, -0.2) is 4.79 Å². The Morgan fingerprint density at radius 3 is 2.43 bits per heavy atom. The van der Waals surface area contributed by atoms with Crippen molar-refractivity contribution in [2.75, 3.05) is 13.3 Å². The van der Waals surface area contributed by atoms with Crippen LogP contribution in [0.15, 0.2) is 23.0 Å². The first-order valence-corrected chi connectivity index (χ1v) is 6.84. The summed E-state index contributed by atoms with van der Waals surface area (Å²) in [5, 5.41) is 0.778. The Bertz CT molecular complexity index is 576. The molecule has 0 saturated carbocycles. The molecule has 74 valence electrons. The van der Waals surface area contributed by atoms with Gasteiger partial charge in [0.15, 0.2) is 0 Å². The lowest BCUT2D eigenvalue weighted by molar-refractivity contribution is 0.588. The minimum Gasteiger partial charge on any atom is -0.319 e. The molecule has 0 radical (unpaired) electrons. The second-order valence-electron chi connectivity index (χ2n) is 3.66. The Kier molecular flexibility index (Phi) is 1.89. The van der Waals surface area contributed by atoms with E-state index in [0.29, 0.717) is 5.52 Å². The summed E-state index contributed by atoms with van der Waals surface area (Å²) in [4.78, 5) is 16.2. The molecule has 0 amide bonds. The Hall–Kier alpha value is -1.28. The first kappa shape index (κ1) is 9.28. The maximum absolute atomic E-state index is 11.8. The minimum absolute atomic E-state index is 0.237. The van der Waals surface area contributed by atoms with Crippen LogP contribution in [-0.4, -0.2) is 23.3 Å². The smallest absolute Gasteiger partial charge is 0.319 e. The van der Waals surface area contributed by atoms with Gasteiger partial charge in [0.25, 0.3) is 0 Å². The van der Waals surface area contributed by atoms with Crippen LogP contribution in [-0.2, 0) is 4.57 Å². The van der Waals surface area contributed by atoms with Gasteiger partial charge in [0.2, 0.25) is 0 Å². The van der Waals surface area contributed by atoms with E-state index in [1.807, 2.05) is 0 Å². The van der Waals surface area contributed by atoms with Crippen molar-refractivity contribution in [3.8, 4) is 0 Å². The molecule has 0 unspecified atom stereocenters. The van der Waals surface area contributed by atoms with Crippen molar-refractivity contribution >= 4 is 23.5 Å². The van der Waals surface area contributed by atoms with Crippen LogP contribution in [0, 0.1) is 0 Å². The molecule has 0 bridgehead atoms. The molecule has 4 nitrogen and oxygen atoms in total. The zero-order chi connectivity index (χ0) is 10.3. The number of rotatable bonds is 1. The molecular weight excluding hydrogens is 199 g/mol. The fourth-order valence-electron chi connectivity index (χ4n) is 1.36. The molecular formula is C9H11N2O2P. The number of imidazole rings is 1. The molecule has 1 aromatic carbocycles. The molecule has 2 N–H and O–H groups in total. The van der Waals surface area contributed by atoms with Crippen LogP contribution in [0.1, 0.15) is 0 Å². The van der Waals surface area contributed by atoms with E-state index in [-0.39, 0.29) is 5.69 Å². The standard InChI is InChI=1S/C9H11N2O2P/c1-14(2,13)6-3-4-7-8(5-6)11-9(12)10-7/h3-5H,1-2H3,(H2,10,11,12). The highest BCUT2D eigenvalue weighted by Gasteiger charge is 2.11. The Balaban J connectivity index is 2.74. The fourth-order valence-corrected chi connectivity index (χ4v) is 2.23. The summed E-state index contributed by atoms with van der Waals surface area (Å²) in [6.07, 6.45) is 0. The first-order chi connectivity index (χ1) is 6.47. The summed E-state index contributed by atoms with van der Waals surface area (Å²) in [5.74, 6) is 0. The van der Waals surface area contributed by atoms with E-state index < -0.39 is 7.14 Å². The van der Waals surface area contributed by atoms with Crippen LogP contribution in [0.5, 0.6) is 0 Å². The van der Waals surface area contributed by atoms with Gasteiger partial charge in [-0.1, -0.05) is 0 Å². The highest BCUT2D eigenvalue weighted by atomic mass is 31.2. The number of aromatic nitrogens is 2. The zero-order valence-corrected chi connectivity index (χ0v) is 8.89. The van der Waals surface area contributed by atoms with Gasteiger partial charge < -0.3 is 14.5 Å². The van der Waals surface area contributed by atoms with Crippen molar-refractivity contribution in [1.29, 1.82) is 0 Å². The molecule has 0 aliphatic carbocycles. The fraction of sp³-hybridized carbons (Fsp3) is 0.222. The normalized spacial score (nSPS) is 12.1. The predicted molar refractivity (Wildman–Crippen MR) is 58.0 cm³/mol. The second-order valence-corrected chi connectivity index (χ2v) is 6.88. The first-order valence-electron chi connectivity index (χ1n) is 4.24. The molecule has 0 atom stereocenters. The molecule has 0 fully saturated rings. The summed E-state index contributed by atoms with van der Waals surface area (Å²) >= 11 is 0. The van der Waals surface area contributed by atoms with Crippen molar-refractivity contribution < 1.29 is 4.57 Å². The van der Waals surface area contributed by atoms with Crippen LogP contribution in [0.3, 0.4) is 0 Å². The van der Waals surface area contributed by atoms with E-state index in [4.69, 9.17) is 0 Å². The number of hydrogen-bond donors (Lipinski definition) is 2. The third kappa shape index (κ3) is 1.53. The number of fused-ring (bicyclic) bond motifs is 1. The highest BCUT2D eigenvalue weighted by molar-refractivity contribution is 7.70. The van der Waals surface area contributed by atoms with E-state index in [9.17, 15) is 9.36 Å². The number of nitrogens with one attached hydrogen (secondary N) is 2. The lowest BCUT2D eigenvalue weighted by atomic mass is 10.3. The maximum atomic E-state index is 11.8. The summed E-state index contributed by atoms with van der Waals surface area (Å²) in [5.41, 5.74) is 1.21. The van der Waals surface area contributed by atoms with Crippen molar-refractivity contribution in [2.24, 2.45) is 0 Å². The van der Waals surface area contributed by atoms with Gasteiger partial charge >= 0.3 is 5.69 Å². The van der Waals surface area contributed by atoms with Gasteiger partial charge in [-0.05, 0) is 31.5 Å². The summed E-state index contributed by atoms with van der Waals surface area (Å²) < 4.78 is 11.8. The van der Waals surface area contributed by atoms with Crippen LogP contribution < -0.4 is 11.0 Å². The summed E-state index contributed by atoms with van der Waals surface area (Å²) in [6, 6.07) is 5.31. The van der Waals surface area contributed by atoms with Crippen molar-refractivity contribution in [2.45, 2.75) is 0 Å². The number of aromatic amines is 2. The Morgan fingerprint density at radius 2 is 1.79 bits per heavy atom. The van der Waals surface area contributed by atoms with Crippen LogP contribution in [0.25, 0.3) is 11.0 Å². The number of benzene rings is 1. The van der Waals surface area contributed by atoms with Gasteiger partial charge in [0, 0.05) is 5.30 Å². The Labute approximate surface area is 80.7 Å². The minimum atomic E-state index is -2.25. The highest BCUT2D eigenvalue weighted by Crippen LogP contribution is 2.34. The Morgan fingerprint density at radius 1 is 1.14 bits per heavy atom. The average molecular weight is 210 g/mol. The van der Waals surface area contributed by atoms with Gasteiger partial charge in [0.05, 0.1) is 11.0 Å². The van der Waals surface area contributed by atoms with E-state index in [1.165, 1.54) is 0 Å². The van der Waals surface area contributed by atoms with E-state index in [2.05, 4.69) is 9.97 Å². The molecule has 0 spiro atoms. The molecule has 2 aromatic rings. The van der Waals surface area contributed by atoms with Crippen molar-refractivity contribution in [3.63, 3.8) is 0 Å². The topological polar surface area (TPSA) is 65.7 Å². The van der Waals surface area contributed by atoms with Gasteiger partial charge in [-0.3, -0.25) is 0 Å². The lowest BCUT2D eigenvalue weighted by Crippen LogP contribution is -2.01. The van der Waals surface area contributed by atoms with Gasteiger partial charge in [-0.2, -0.15) is 0 Å². The van der Waals surface area contributed by atoms with E-state index in [1.54, 1.807) is 31.5 Å².